The number of aliphatic hydroxyl groups excluding tert-OH is 1. The van der Waals surface area contributed by atoms with Crippen molar-refractivity contribution in [3.8, 4) is 0 Å². The zero-order valence-corrected chi connectivity index (χ0v) is 9.06. The summed E-state index contributed by atoms with van der Waals surface area (Å²) in [7, 11) is 1.52. The summed E-state index contributed by atoms with van der Waals surface area (Å²) in [5.41, 5.74) is 0. The number of nitrogens with zero attached hydrogens (tertiary/aromatic N) is 1. The average molecular weight is 217 g/mol. The van der Waals surface area contributed by atoms with Gasteiger partial charge in [-0.15, -0.1) is 0 Å². The minimum atomic E-state index is -0.847. The molecule has 0 aromatic heterocycles. The van der Waals surface area contributed by atoms with E-state index in [1.165, 1.54) is 20.0 Å². The Balaban J connectivity index is 2.29. The van der Waals surface area contributed by atoms with Gasteiger partial charge in [0.15, 0.2) is 0 Å². The molecule has 0 bridgehead atoms. The highest BCUT2D eigenvalue weighted by Crippen LogP contribution is 2.29. The molecule has 5 nitrogen and oxygen atoms in total. The van der Waals surface area contributed by atoms with Gasteiger partial charge >= 0.3 is 5.97 Å². The van der Waals surface area contributed by atoms with E-state index in [0.29, 0.717) is 12.5 Å². The predicted molar refractivity (Wildman–Crippen MR) is 54.7 cm³/mol. The van der Waals surface area contributed by atoms with Gasteiger partial charge in [-0.1, -0.05) is 0 Å². The minimum Gasteiger partial charge on any atom is -0.480 e. The van der Waals surface area contributed by atoms with Gasteiger partial charge in [-0.05, 0) is 18.8 Å². The Kier molecular flexibility index (Phi) is 5.01. The first-order valence-corrected chi connectivity index (χ1v) is 5.23. The Bertz CT molecular complexity index is 206. The molecule has 1 fully saturated rings. The summed E-state index contributed by atoms with van der Waals surface area (Å²) in [5, 5.41) is 18.2. The van der Waals surface area contributed by atoms with E-state index in [1.807, 2.05) is 0 Å². The van der Waals surface area contributed by atoms with Crippen LogP contribution in [-0.2, 0) is 9.53 Å². The van der Waals surface area contributed by atoms with Gasteiger partial charge < -0.3 is 14.9 Å². The van der Waals surface area contributed by atoms with Gasteiger partial charge in [-0.2, -0.15) is 0 Å². The number of aliphatic carboxylic acids is 1. The minimum absolute atomic E-state index is 0.00270. The van der Waals surface area contributed by atoms with Crippen molar-refractivity contribution in [1.82, 2.24) is 4.90 Å². The topological polar surface area (TPSA) is 70.0 Å². The van der Waals surface area contributed by atoms with Crippen LogP contribution in [0.4, 0.5) is 0 Å². The lowest BCUT2D eigenvalue weighted by molar-refractivity contribution is -0.138. The fourth-order valence-electron chi connectivity index (χ4n) is 1.60. The number of hydrogen-bond donors (Lipinski definition) is 2. The van der Waals surface area contributed by atoms with Crippen molar-refractivity contribution in [2.24, 2.45) is 5.92 Å². The van der Waals surface area contributed by atoms with E-state index < -0.39 is 12.1 Å². The summed E-state index contributed by atoms with van der Waals surface area (Å²) in [4.78, 5) is 12.4. The van der Waals surface area contributed by atoms with E-state index in [2.05, 4.69) is 0 Å². The lowest BCUT2D eigenvalue weighted by Gasteiger charge is -2.22. The van der Waals surface area contributed by atoms with Crippen LogP contribution in [0.5, 0.6) is 0 Å². The number of hydrogen-bond acceptors (Lipinski definition) is 4. The molecule has 1 aliphatic carbocycles. The zero-order valence-electron chi connectivity index (χ0n) is 9.06. The molecule has 0 radical (unpaired) electrons. The number of methoxy groups -OCH3 is 1. The molecular weight excluding hydrogens is 198 g/mol. The van der Waals surface area contributed by atoms with Crippen molar-refractivity contribution in [1.29, 1.82) is 0 Å². The van der Waals surface area contributed by atoms with Crippen LogP contribution in [0.2, 0.25) is 0 Å². The normalized spacial score (nSPS) is 18.1. The van der Waals surface area contributed by atoms with E-state index in [9.17, 15) is 9.90 Å². The second-order valence-corrected chi connectivity index (χ2v) is 4.14. The van der Waals surface area contributed by atoms with E-state index in [-0.39, 0.29) is 13.2 Å². The largest absolute Gasteiger partial charge is 0.480 e. The Labute approximate surface area is 89.6 Å². The van der Waals surface area contributed by atoms with Crippen molar-refractivity contribution < 1.29 is 19.7 Å². The highest BCUT2D eigenvalue weighted by Gasteiger charge is 2.26. The molecule has 1 unspecified atom stereocenters. The number of aliphatic hydroxyl groups is 1. The first-order valence-electron chi connectivity index (χ1n) is 5.23. The molecule has 0 saturated heterocycles. The third-order valence-corrected chi connectivity index (χ3v) is 2.40. The number of rotatable bonds is 8. The van der Waals surface area contributed by atoms with E-state index in [0.717, 1.165) is 6.54 Å². The summed E-state index contributed by atoms with van der Waals surface area (Å²) in [6.45, 7) is 1.39. The molecule has 15 heavy (non-hydrogen) atoms. The molecule has 1 atom stereocenters. The maximum absolute atomic E-state index is 10.6. The summed E-state index contributed by atoms with van der Waals surface area (Å²) >= 11 is 0. The van der Waals surface area contributed by atoms with Gasteiger partial charge in [0.1, 0.15) is 0 Å². The Morgan fingerprint density at radius 3 is 2.73 bits per heavy atom. The lowest BCUT2D eigenvalue weighted by Crippen LogP contribution is -2.39. The molecule has 5 heteroatoms. The van der Waals surface area contributed by atoms with Crippen LogP contribution in [0.3, 0.4) is 0 Å². The van der Waals surface area contributed by atoms with Crippen molar-refractivity contribution in [2.45, 2.75) is 18.9 Å². The van der Waals surface area contributed by atoms with E-state index in [4.69, 9.17) is 9.84 Å². The third kappa shape index (κ3) is 5.71. The van der Waals surface area contributed by atoms with Crippen LogP contribution in [-0.4, -0.2) is 60.5 Å². The van der Waals surface area contributed by atoms with Crippen LogP contribution in [0.25, 0.3) is 0 Å². The molecule has 0 aliphatic heterocycles. The molecule has 0 spiro atoms. The van der Waals surface area contributed by atoms with Gasteiger partial charge in [0.25, 0.3) is 0 Å². The van der Waals surface area contributed by atoms with Crippen molar-refractivity contribution in [2.75, 3.05) is 33.4 Å². The molecule has 1 rings (SSSR count). The molecule has 0 heterocycles. The maximum atomic E-state index is 10.6. The van der Waals surface area contributed by atoms with Crippen molar-refractivity contribution in [3.05, 3.63) is 0 Å². The van der Waals surface area contributed by atoms with Crippen LogP contribution < -0.4 is 0 Å². The summed E-state index contributed by atoms with van der Waals surface area (Å²) in [6.07, 6.45) is 1.75. The predicted octanol–water partition coefficient (Wildman–Crippen LogP) is -0.210. The lowest BCUT2D eigenvalue weighted by atomic mass is 10.3. The Morgan fingerprint density at radius 1 is 1.60 bits per heavy atom. The van der Waals surface area contributed by atoms with E-state index >= 15 is 0 Å². The van der Waals surface area contributed by atoms with Gasteiger partial charge in [0, 0.05) is 20.2 Å². The quantitative estimate of drug-likeness (QED) is 0.588. The molecule has 0 amide bonds. The van der Waals surface area contributed by atoms with Crippen LogP contribution in [0.1, 0.15) is 12.8 Å². The van der Waals surface area contributed by atoms with Crippen LogP contribution >= 0.6 is 0 Å². The van der Waals surface area contributed by atoms with Gasteiger partial charge in [-0.3, -0.25) is 9.69 Å². The second-order valence-electron chi connectivity index (χ2n) is 4.14. The van der Waals surface area contributed by atoms with Gasteiger partial charge in [0.05, 0.1) is 19.3 Å². The average Bonchev–Trinajstić information content (AvgIpc) is 2.86. The number of carbonyl (C=O) groups is 1. The molecular formula is C10H19NO4. The first-order chi connectivity index (χ1) is 7.11. The molecule has 1 aliphatic rings. The van der Waals surface area contributed by atoms with Crippen molar-refractivity contribution >= 4 is 5.97 Å². The Hall–Kier alpha value is -0.650. The molecule has 2 N–H and O–H groups in total. The van der Waals surface area contributed by atoms with Crippen LogP contribution in [0, 0.1) is 5.92 Å². The summed E-state index contributed by atoms with van der Waals surface area (Å²) in [6, 6.07) is 0. The molecule has 0 aromatic rings. The molecule has 1 saturated carbocycles. The number of carboxylic acid groups (broad SMARTS) is 1. The van der Waals surface area contributed by atoms with Gasteiger partial charge in [0.2, 0.25) is 0 Å². The monoisotopic (exact) mass is 217 g/mol. The smallest absolute Gasteiger partial charge is 0.317 e. The van der Waals surface area contributed by atoms with Crippen LogP contribution in [0.15, 0.2) is 0 Å². The fraction of sp³-hybridized carbons (Fsp3) is 0.900. The summed E-state index contributed by atoms with van der Waals surface area (Å²) < 4.78 is 4.81. The zero-order chi connectivity index (χ0) is 11.3. The maximum Gasteiger partial charge on any atom is 0.317 e. The highest BCUT2D eigenvalue weighted by molar-refractivity contribution is 5.69. The first kappa shape index (κ1) is 12.4. The number of ether oxygens (including phenoxy) is 1. The fourth-order valence-corrected chi connectivity index (χ4v) is 1.60. The Morgan fingerprint density at radius 2 is 2.27 bits per heavy atom. The number of carboxylic acids is 1. The third-order valence-electron chi connectivity index (χ3n) is 2.40. The molecule has 88 valence electrons. The van der Waals surface area contributed by atoms with Crippen molar-refractivity contribution in [3.63, 3.8) is 0 Å². The second kappa shape index (κ2) is 6.05. The van der Waals surface area contributed by atoms with E-state index in [1.54, 1.807) is 4.90 Å². The SMILES string of the molecule is COCC(O)CN(CC(=O)O)CC1CC1. The summed E-state index contributed by atoms with van der Waals surface area (Å²) in [5.74, 6) is -0.223. The standard InChI is InChI=1S/C10H19NO4/c1-15-7-9(12)5-11(6-10(13)14)4-8-2-3-8/h8-9,12H,2-7H2,1H3,(H,13,14). The van der Waals surface area contributed by atoms with Gasteiger partial charge in [-0.25, -0.2) is 0 Å². The highest BCUT2D eigenvalue weighted by atomic mass is 16.5. The molecule has 0 aromatic carbocycles.